The molecule has 26 heavy (non-hydrogen) atoms. The summed E-state index contributed by atoms with van der Waals surface area (Å²) >= 11 is 0. The van der Waals surface area contributed by atoms with Crippen molar-refractivity contribution in [3.05, 3.63) is 59.7 Å². The highest BCUT2D eigenvalue weighted by molar-refractivity contribution is 6.11. The predicted octanol–water partition coefficient (Wildman–Crippen LogP) is 2.53. The minimum atomic E-state index is -0.750. The van der Waals surface area contributed by atoms with Gasteiger partial charge in [-0.3, -0.25) is 4.79 Å². The molecule has 7 nitrogen and oxygen atoms in total. The first-order chi connectivity index (χ1) is 12.3. The molecule has 0 unspecified atom stereocenters. The average molecular weight is 358 g/mol. The maximum atomic E-state index is 12.4. The second kappa shape index (κ2) is 8.06. The van der Waals surface area contributed by atoms with E-state index in [0.29, 0.717) is 11.3 Å². The van der Waals surface area contributed by atoms with Gasteiger partial charge in [0.2, 0.25) is 5.75 Å². The van der Waals surface area contributed by atoms with Gasteiger partial charge in [0.15, 0.2) is 17.3 Å². The van der Waals surface area contributed by atoms with Gasteiger partial charge in [-0.25, -0.2) is 4.79 Å². The van der Waals surface area contributed by atoms with Gasteiger partial charge < -0.3 is 24.8 Å². The number of hydrogen-bond acceptors (Lipinski definition) is 7. The van der Waals surface area contributed by atoms with E-state index in [-0.39, 0.29) is 24.3 Å². The molecule has 0 amide bonds. The third-order valence-corrected chi connectivity index (χ3v) is 3.42. The van der Waals surface area contributed by atoms with Crippen LogP contribution < -0.4 is 4.74 Å². The molecule has 0 bridgehead atoms. The van der Waals surface area contributed by atoms with Gasteiger partial charge >= 0.3 is 5.97 Å². The van der Waals surface area contributed by atoms with E-state index >= 15 is 0 Å². The van der Waals surface area contributed by atoms with Gasteiger partial charge in [0.25, 0.3) is 0 Å². The Morgan fingerprint density at radius 3 is 2.23 bits per heavy atom. The number of carbonyl (C=O) groups excluding carboxylic acids is 2. The van der Waals surface area contributed by atoms with Crippen LogP contribution in [-0.4, -0.2) is 40.3 Å². The molecular weight excluding hydrogens is 340 g/mol. The summed E-state index contributed by atoms with van der Waals surface area (Å²) in [6.07, 6.45) is 0. The quantitative estimate of drug-likeness (QED) is 0.229. The Labute approximate surface area is 149 Å². The summed E-state index contributed by atoms with van der Waals surface area (Å²) in [5.41, 5.74) is 0.420. The predicted molar refractivity (Wildman–Crippen MR) is 92.6 cm³/mol. The maximum Gasteiger partial charge on any atom is 0.333 e. The largest absolute Gasteiger partial charge is 0.504 e. The van der Waals surface area contributed by atoms with E-state index in [1.54, 1.807) is 19.1 Å². The van der Waals surface area contributed by atoms with Gasteiger partial charge in [0.1, 0.15) is 19.0 Å². The van der Waals surface area contributed by atoms with Crippen molar-refractivity contribution in [1.29, 1.82) is 0 Å². The van der Waals surface area contributed by atoms with E-state index in [4.69, 9.17) is 9.47 Å². The number of benzene rings is 2. The number of carbonyl (C=O) groups is 2. The van der Waals surface area contributed by atoms with Gasteiger partial charge in [-0.15, -0.1) is 0 Å². The SMILES string of the molecule is C=C(C)C(=O)OCCOc1ccc(C(=O)c2ccc(O)c(O)c2O)cc1. The van der Waals surface area contributed by atoms with Crippen molar-refractivity contribution in [3.8, 4) is 23.0 Å². The van der Waals surface area contributed by atoms with E-state index in [1.165, 1.54) is 18.2 Å². The molecule has 2 aromatic carbocycles. The van der Waals surface area contributed by atoms with Gasteiger partial charge in [0.05, 0.1) is 5.56 Å². The topological polar surface area (TPSA) is 113 Å². The van der Waals surface area contributed by atoms with E-state index in [2.05, 4.69) is 6.58 Å². The molecule has 7 heteroatoms. The molecule has 0 heterocycles. The van der Waals surface area contributed by atoms with Crippen molar-refractivity contribution in [2.45, 2.75) is 6.92 Å². The van der Waals surface area contributed by atoms with Crippen LogP contribution >= 0.6 is 0 Å². The Morgan fingerprint density at radius 1 is 0.962 bits per heavy atom. The Morgan fingerprint density at radius 2 is 1.62 bits per heavy atom. The summed E-state index contributed by atoms with van der Waals surface area (Å²) in [4.78, 5) is 23.6. The Kier molecular flexibility index (Phi) is 5.85. The zero-order chi connectivity index (χ0) is 19.3. The van der Waals surface area contributed by atoms with Crippen LogP contribution in [0.2, 0.25) is 0 Å². The lowest BCUT2D eigenvalue weighted by Gasteiger charge is -2.09. The number of ketones is 1. The minimum Gasteiger partial charge on any atom is -0.504 e. The lowest BCUT2D eigenvalue weighted by molar-refractivity contribution is -0.139. The van der Waals surface area contributed by atoms with Crippen LogP contribution in [0, 0.1) is 0 Å². The summed E-state index contributed by atoms with van der Waals surface area (Å²) in [5.74, 6) is -2.51. The Hall–Kier alpha value is -3.48. The first kappa shape index (κ1) is 18.9. The molecular formula is C19H18O7. The van der Waals surface area contributed by atoms with Gasteiger partial charge in [-0.2, -0.15) is 0 Å². The number of hydrogen-bond donors (Lipinski definition) is 3. The summed E-state index contributed by atoms with van der Waals surface area (Å²) in [6, 6.07) is 8.40. The monoisotopic (exact) mass is 358 g/mol. The van der Waals surface area contributed by atoms with Gasteiger partial charge in [-0.05, 0) is 43.3 Å². The maximum absolute atomic E-state index is 12.4. The molecule has 2 rings (SSSR count). The molecule has 0 saturated heterocycles. The third-order valence-electron chi connectivity index (χ3n) is 3.42. The van der Waals surface area contributed by atoms with Crippen LogP contribution in [0.1, 0.15) is 22.8 Å². The van der Waals surface area contributed by atoms with Gasteiger partial charge in [0, 0.05) is 11.1 Å². The van der Waals surface area contributed by atoms with Gasteiger partial charge in [-0.1, -0.05) is 6.58 Å². The highest BCUT2D eigenvalue weighted by atomic mass is 16.6. The number of esters is 1. The van der Waals surface area contributed by atoms with Crippen molar-refractivity contribution < 1.29 is 34.4 Å². The molecule has 136 valence electrons. The van der Waals surface area contributed by atoms with E-state index < -0.39 is 29.0 Å². The molecule has 0 aromatic heterocycles. The fraction of sp³-hybridized carbons (Fsp3) is 0.158. The summed E-state index contributed by atoms with van der Waals surface area (Å²) in [6.45, 7) is 5.21. The molecule has 0 aliphatic rings. The van der Waals surface area contributed by atoms with E-state index in [1.807, 2.05) is 0 Å². The zero-order valence-corrected chi connectivity index (χ0v) is 14.1. The van der Waals surface area contributed by atoms with Crippen LogP contribution in [0.25, 0.3) is 0 Å². The number of phenols is 3. The summed E-state index contributed by atoms with van der Waals surface area (Å²) in [5, 5.41) is 28.6. The molecule has 0 saturated carbocycles. The summed E-state index contributed by atoms with van der Waals surface area (Å²) in [7, 11) is 0. The van der Waals surface area contributed by atoms with Crippen LogP contribution in [0.3, 0.4) is 0 Å². The normalized spacial score (nSPS) is 10.2. The molecule has 2 aromatic rings. The molecule has 3 N–H and O–H groups in total. The van der Waals surface area contributed by atoms with Crippen LogP contribution in [0.5, 0.6) is 23.0 Å². The van der Waals surface area contributed by atoms with Crippen molar-refractivity contribution >= 4 is 11.8 Å². The molecule has 0 aliphatic heterocycles. The van der Waals surface area contributed by atoms with Crippen molar-refractivity contribution in [2.24, 2.45) is 0 Å². The van der Waals surface area contributed by atoms with Crippen molar-refractivity contribution in [2.75, 3.05) is 13.2 Å². The Balaban J connectivity index is 1.99. The van der Waals surface area contributed by atoms with Crippen molar-refractivity contribution in [1.82, 2.24) is 0 Å². The highest BCUT2D eigenvalue weighted by Gasteiger charge is 2.18. The smallest absolute Gasteiger partial charge is 0.333 e. The number of rotatable bonds is 7. The van der Waals surface area contributed by atoms with Crippen LogP contribution in [0.4, 0.5) is 0 Å². The molecule has 0 fully saturated rings. The van der Waals surface area contributed by atoms with Crippen molar-refractivity contribution in [3.63, 3.8) is 0 Å². The number of ether oxygens (including phenoxy) is 2. The molecule has 0 spiro atoms. The lowest BCUT2D eigenvalue weighted by Crippen LogP contribution is -2.12. The zero-order valence-electron chi connectivity index (χ0n) is 14.1. The molecule has 0 radical (unpaired) electrons. The first-order valence-electron chi connectivity index (χ1n) is 7.65. The van der Waals surface area contributed by atoms with Crippen LogP contribution in [-0.2, 0) is 9.53 Å². The third kappa shape index (κ3) is 4.32. The number of aromatic hydroxyl groups is 3. The minimum absolute atomic E-state index is 0.0625. The number of phenolic OH excluding ortho intramolecular Hbond substituents is 3. The van der Waals surface area contributed by atoms with Crippen LogP contribution in [0.15, 0.2) is 48.6 Å². The van der Waals surface area contributed by atoms with E-state index in [9.17, 15) is 24.9 Å². The van der Waals surface area contributed by atoms with E-state index in [0.717, 1.165) is 6.07 Å². The fourth-order valence-electron chi connectivity index (χ4n) is 2.03. The highest BCUT2D eigenvalue weighted by Crippen LogP contribution is 2.37. The summed E-state index contributed by atoms with van der Waals surface area (Å²) < 4.78 is 10.3. The first-order valence-corrected chi connectivity index (χ1v) is 7.65. The lowest BCUT2D eigenvalue weighted by atomic mass is 10.0. The molecule has 0 aliphatic carbocycles. The second-order valence-electron chi connectivity index (χ2n) is 5.45. The standard InChI is InChI=1S/C19H18O7/c1-11(2)19(24)26-10-9-25-13-5-3-12(4-6-13)16(21)14-7-8-15(20)18(23)17(14)22/h3-8,20,22-23H,1,9-10H2,2H3. The Bertz CT molecular complexity index is 838. The average Bonchev–Trinajstić information content (AvgIpc) is 2.63. The molecule has 0 atom stereocenters. The fourth-order valence-corrected chi connectivity index (χ4v) is 2.03. The second-order valence-corrected chi connectivity index (χ2v) is 5.45.